The summed E-state index contributed by atoms with van der Waals surface area (Å²) >= 11 is 6.28. The molecule has 1 nitrogen and oxygen atoms in total. The van der Waals surface area contributed by atoms with Gasteiger partial charge >= 0.3 is 0 Å². The molecule has 0 radical (unpaired) electrons. The first-order chi connectivity index (χ1) is 6.76. The van der Waals surface area contributed by atoms with E-state index < -0.39 is 0 Å². The Kier molecular flexibility index (Phi) is 3.38. The zero-order chi connectivity index (χ0) is 10.1. The lowest BCUT2D eigenvalue weighted by Gasteiger charge is -2.42. The van der Waals surface area contributed by atoms with Crippen LogP contribution in [0.3, 0.4) is 0 Å². The average molecular weight is 216 g/mol. The normalized spacial score (nSPS) is 38.1. The molecule has 0 aliphatic carbocycles. The predicted octanol–water partition coefficient (Wildman–Crippen LogP) is 3.41. The molecule has 2 aliphatic heterocycles. The number of nitrogens with zero attached hydrogens (tertiary/aromatic N) is 1. The van der Waals surface area contributed by atoms with Gasteiger partial charge in [0.1, 0.15) is 0 Å². The minimum atomic E-state index is 0.457. The molecule has 0 saturated carbocycles. The van der Waals surface area contributed by atoms with Crippen molar-refractivity contribution in [1.82, 2.24) is 4.90 Å². The lowest BCUT2D eigenvalue weighted by atomic mass is 9.97. The summed E-state index contributed by atoms with van der Waals surface area (Å²) in [5.41, 5.74) is 0. The molecule has 2 bridgehead atoms. The number of hydrogen-bond donors (Lipinski definition) is 0. The summed E-state index contributed by atoms with van der Waals surface area (Å²) in [4.78, 5) is 2.79. The summed E-state index contributed by atoms with van der Waals surface area (Å²) in [6, 6.07) is 2.43. The van der Waals surface area contributed by atoms with Crippen molar-refractivity contribution < 1.29 is 0 Å². The smallest absolute Gasteiger partial charge is 0.0365 e. The topological polar surface area (TPSA) is 3.24 Å². The van der Waals surface area contributed by atoms with Crippen molar-refractivity contribution in [2.45, 2.75) is 75.9 Å². The number of piperidine rings is 1. The zero-order valence-electron chi connectivity index (χ0n) is 9.38. The van der Waals surface area contributed by atoms with Gasteiger partial charge in [-0.1, -0.05) is 13.8 Å². The highest BCUT2D eigenvalue weighted by atomic mass is 35.5. The lowest BCUT2D eigenvalue weighted by molar-refractivity contribution is 0.0835. The Morgan fingerprint density at radius 3 is 2.07 bits per heavy atom. The van der Waals surface area contributed by atoms with E-state index in [1.165, 1.54) is 38.5 Å². The van der Waals surface area contributed by atoms with E-state index in [2.05, 4.69) is 18.7 Å². The minimum Gasteiger partial charge on any atom is -0.294 e. The van der Waals surface area contributed by atoms with E-state index in [0.29, 0.717) is 5.38 Å². The van der Waals surface area contributed by atoms with Gasteiger partial charge in [0.05, 0.1) is 0 Å². The van der Waals surface area contributed by atoms with Crippen LogP contribution >= 0.6 is 11.6 Å². The molecule has 2 unspecified atom stereocenters. The summed E-state index contributed by atoms with van der Waals surface area (Å²) in [6.07, 6.45) is 7.85. The fourth-order valence-electron chi connectivity index (χ4n) is 3.45. The summed E-state index contributed by atoms with van der Waals surface area (Å²) in [5, 5.41) is 0.457. The molecule has 2 rings (SSSR count). The summed E-state index contributed by atoms with van der Waals surface area (Å²) in [6.45, 7) is 4.64. The van der Waals surface area contributed by atoms with Gasteiger partial charge in [-0.3, -0.25) is 4.90 Å². The molecule has 2 fully saturated rings. The Bertz CT molecular complexity index is 177. The average Bonchev–Trinajstić information content (AvgIpc) is 2.45. The summed E-state index contributed by atoms with van der Waals surface area (Å²) in [5.74, 6) is 0. The second kappa shape index (κ2) is 4.40. The van der Waals surface area contributed by atoms with Crippen molar-refractivity contribution in [2.75, 3.05) is 0 Å². The van der Waals surface area contributed by atoms with Crippen molar-refractivity contribution in [2.24, 2.45) is 0 Å². The molecule has 0 N–H and O–H groups in total. The minimum absolute atomic E-state index is 0.457. The van der Waals surface area contributed by atoms with E-state index in [1.807, 2.05) is 0 Å². The molecule has 0 amide bonds. The van der Waals surface area contributed by atoms with E-state index >= 15 is 0 Å². The van der Waals surface area contributed by atoms with Gasteiger partial charge in [-0.05, 0) is 38.5 Å². The molecule has 2 atom stereocenters. The molecular formula is C12H22ClN. The number of alkyl halides is 1. The number of rotatable bonds is 3. The van der Waals surface area contributed by atoms with Crippen molar-refractivity contribution in [1.29, 1.82) is 0 Å². The molecule has 0 aromatic heterocycles. The van der Waals surface area contributed by atoms with E-state index in [1.54, 1.807) is 0 Å². The maximum atomic E-state index is 6.28. The SMILES string of the molecule is CCC(CC)N1C2CCC1CC(Cl)C2. The molecule has 2 saturated heterocycles. The Labute approximate surface area is 92.8 Å². The van der Waals surface area contributed by atoms with Crippen LogP contribution < -0.4 is 0 Å². The number of halogens is 1. The lowest BCUT2D eigenvalue weighted by Crippen LogP contribution is -2.48. The summed E-state index contributed by atoms with van der Waals surface area (Å²) < 4.78 is 0. The molecule has 0 aromatic carbocycles. The molecule has 82 valence electrons. The van der Waals surface area contributed by atoms with Gasteiger partial charge in [0, 0.05) is 23.5 Å². The van der Waals surface area contributed by atoms with Crippen LogP contribution in [-0.4, -0.2) is 28.4 Å². The maximum Gasteiger partial charge on any atom is 0.0365 e. The first kappa shape index (κ1) is 10.8. The highest BCUT2D eigenvalue weighted by molar-refractivity contribution is 6.20. The quantitative estimate of drug-likeness (QED) is 0.653. The Hall–Kier alpha value is 0.250. The largest absolute Gasteiger partial charge is 0.294 e. The maximum absolute atomic E-state index is 6.28. The van der Waals surface area contributed by atoms with Gasteiger partial charge in [-0.15, -0.1) is 11.6 Å². The van der Waals surface area contributed by atoms with Gasteiger partial charge in [0.25, 0.3) is 0 Å². The first-order valence-corrected chi connectivity index (χ1v) is 6.61. The predicted molar refractivity (Wildman–Crippen MR) is 61.9 cm³/mol. The van der Waals surface area contributed by atoms with Crippen LogP contribution in [0, 0.1) is 0 Å². The van der Waals surface area contributed by atoms with E-state index in [-0.39, 0.29) is 0 Å². The second-order valence-electron chi connectivity index (χ2n) is 4.87. The fraction of sp³-hybridized carbons (Fsp3) is 1.00. The second-order valence-corrected chi connectivity index (χ2v) is 5.49. The standard InChI is InChI=1S/C12H22ClN/c1-3-10(4-2)14-11-5-6-12(14)8-9(13)7-11/h9-12H,3-8H2,1-2H3. The highest BCUT2D eigenvalue weighted by Crippen LogP contribution is 2.40. The van der Waals surface area contributed by atoms with Crippen LogP contribution in [-0.2, 0) is 0 Å². The van der Waals surface area contributed by atoms with Crippen LogP contribution in [0.25, 0.3) is 0 Å². The molecule has 0 spiro atoms. The van der Waals surface area contributed by atoms with Gasteiger partial charge in [-0.25, -0.2) is 0 Å². The van der Waals surface area contributed by atoms with Gasteiger partial charge in [0.2, 0.25) is 0 Å². The molecule has 2 aliphatic rings. The van der Waals surface area contributed by atoms with E-state index in [0.717, 1.165) is 18.1 Å². The van der Waals surface area contributed by atoms with E-state index in [9.17, 15) is 0 Å². The van der Waals surface area contributed by atoms with Crippen LogP contribution in [0.4, 0.5) is 0 Å². The van der Waals surface area contributed by atoms with Gasteiger partial charge < -0.3 is 0 Å². The third kappa shape index (κ3) is 1.81. The summed E-state index contributed by atoms with van der Waals surface area (Å²) in [7, 11) is 0. The van der Waals surface area contributed by atoms with Crippen molar-refractivity contribution in [3.05, 3.63) is 0 Å². The van der Waals surface area contributed by atoms with Gasteiger partial charge in [0.15, 0.2) is 0 Å². The number of fused-ring (bicyclic) bond motifs is 2. The number of hydrogen-bond acceptors (Lipinski definition) is 1. The molecule has 0 aromatic rings. The Morgan fingerprint density at radius 1 is 1.14 bits per heavy atom. The van der Waals surface area contributed by atoms with Crippen molar-refractivity contribution in [3.8, 4) is 0 Å². The van der Waals surface area contributed by atoms with Crippen molar-refractivity contribution >= 4 is 11.6 Å². The highest BCUT2D eigenvalue weighted by Gasteiger charge is 2.42. The fourth-order valence-corrected chi connectivity index (χ4v) is 3.86. The van der Waals surface area contributed by atoms with E-state index in [4.69, 9.17) is 11.6 Å². The third-order valence-corrected chi connectivity index (χ3v) is 4.45. The third-order valence-electron chi connectivity index (χ3n) is 4.10. The molecular weight excluding hydrogens is 194 g/mol. The zero-order valence-corrected chi connectivity index (χ0v) is 10.1. The Morgan fingerprint density at radius 2 is 1.64 bits per heavy atom. The Balaban J connectivity index is 2.06. The van der Waals surface area contributed by atoms with Crippen LogP contribution in [0.2, 0.25) is 0 Å². The van der Waals surface area contributed by atoms with Crippen LogP contribution in [0.15, 0.2) is 0 Å². The molecule has 14 heavy (non-hydrogen) atoms. The first-order valence-electron chi connectivity index (χ1n) is 6.17. The monoisotopic (exact) mass is 215 g/mol. The molecule has 2 heterocycles. The van der Waals surface area contributed by atoms with Crippen molar-refractivity contribution in [3.63, 3.8) is 0 Å². The van der Waals surface area contributed by atoms with Crippen LogP contribution in [0.5, 0.6) is 0 Å². The molecule has 2 heteroatoms. The van der Waals surface area contributed by atoms with Gasteiger partial charge in [-0.2, -0.15) is 0 Å². The van der Waals surface area contributed by atoms with Crippen LogP contribution in [0.1, 0.15) is 52.4 Å².